The van der Waals surface area contributed by atoms with Crippen LogP contribution in [-0.4, -0.2) is 43.1 Å². The van der Waals surface area contributed by atoms with Crippen molar-refractivity contribution in [3.63, 3.8) is 0 Å². The number of carboxylic acids is 1. The maximum absolute atomic E-state index is 13.6. The first kappa shape index (κ1) is 29.5. The summed E-state index contributed by atoms with van der Waals surface area (Å²) in [7, 11) is 1.71. The molecule has 224 valence electrons. The van der Waals surface area contributed by atoms with Gasteiger partial charge in [-0.25, -0.2) is 14.8 Å². The Kier molecular flexibility index (Phi) is 8.07. The molecule has 2 heterocycles. The van der Waals surface area contributed by atoms with Crippen LogP contribution in [-0.2, 0) is 32.7 Å². The summed E-state index contributed by atoms with van der Waals surface area (Å²) >= 11 is 0. The zero-order valence-corrected chi connectivity index (χ0v) is 23.7. The Balaban J connectivity index is 1.52. The molecule has 10 nitrogen and oxygen atoms in total. The number of carboxylic acid groups (broad SMARTS) is 1. The lowest BCUT2D eigenvalue weighted by molar-refractivity contribution is -0.274. The van der Waals surface area contributed by atoms with Crippen LogP contribution in [0.5, 0.6) is 5.75 Å². The largest absolute Gasteiger partial charge is 0.573 e. The number of alkyl halides is 3. The Morgan fingerprint density at radius 2 is 1.81 bits per heavy atom. The van der Waals surface area contributed by atoms with Crippen molar-refractivity contribution in [1.82, 2.24) is 19.7 Å². The van der Waals surface area contributed by atoms with Crippen molar-refractivity contribution < 1.29 is 32.6 Å². The minimum absolute atomic E-state index is 0.0432. The predicted octanol–water partition coefficient (Wildman–Crippen LogP) is 6.08. The molecule has 2 aromatic carbocycles. The van der Waals surface area contributed by atoms with Gasteiger partial charge in [-0.15, -0.1) is 13.2 Å². The zero-order valence-electron chi connectivity index (χ0n) is 23.7. The summed E-state index contributed by atoms with van der Waals surface area (Å²) in [6.07, 6.45) is -0.113. The zero-order chi connectivity index (χ0) is 30.9. The van der Waals surface area contributed by atoms with E-state index < -0.39 is 18.1 Å². The number of aryl methyl sites for hydroxylation is 4. The van der Waals surface area contributed by atoms with Gasteiger partial charge in [-0.2, -0.15) is 5.10 Å². The molecular formula is C30H29F3N6O4. The second-order valence-electron chi connectivity index (χ2n) is 10.0. The van der Waals surface area contributed by atoms with E-state index in [2.05, 4.69) is 30.4 Å². The Morgan fingerprint density at radius 1 is 1.09 bits per heavy atom. The number of nitrogens with one attached hydrogen (secondary N) is 2. The van der Waals surface area contributed by atoms with Gasteiger partial charge in [0.1, 0.15) is 0 Å². The lowest BCUT2D eigenvalue weighted by atomic mass is 10.0. The molecule has 2 aromatic heterocycles. The Bertz CT molecular complexity index is 1690. The summed E-state index contributed by atoms with van der Waals surface area (Å²) in [5, 5.41) is 19.6. The number of para-hydroxylation sites is 1. The van der Waals surface area contributed by atoms with Crippen molar-refractivity contribution in [1.29, 1.82) is 0 Å². The first-order chi connectivity index (χ1) is 20.5. The summed E-state index contributed by atoms with van der Waals surface area (Å²) in [6, 6.07) is 9.00. The van der Waals surface area contributed by atoms with E-state index >= 15 is 0 Å². The van der Waals surface area contributed by atoms with Crippen LogP contribution in [0.3, 0.4) is 0 Å². The van der Waals surface area contributed by atoms with Gasteiger partial charge in [-0.1, -0.05) is 32.0 Å². The molecule has 1 aliphatic carbocycles. The molecule has 43 heavy (non-hydrogen) atoms. The predicted molar refractivity (Wildman–Crippen MR) is 153 cm³/mol. The SMILES string of the molecule is CCc1cccc(CC)c1NC(=O)c1nn(C)c2c1CCCc1cnc(Nc3ccc(C(=O)O)cc3OC(F)(F)F)nc1-2. The summed E-state index contributed by atoms with van der Waals surface area (Å²) in [4.78, 5) is 33.8. The Hall–Kier alpha value is -4.94. The number of aromatic carboxylic acids is 1. The van der Waals surface area contributed by atoms with E-state index in [1.807, 2.05) is 32.0 Å². The number of rotatable bonds is 8. The second-order valence-corrected chi connectivity index (χ2v) is 10.0. The van der Waals surface area contributed by atoms with Crippen LogP contribution in [0.1, 0.15) is 63.4 Å². The average molecular weight is 595 g/mol. The Labute approximate surface area is 244 Å². The van der Waals surface area contributed by atoms with Crippen LogP contribution in [0.25, 0.3) is 11.4 Å². The van der Waals surface area contributed by atoms with Crippen molar-refractivity contribution in [2.45, 2.75) is 52.3 Å². The third-order valence-corrected chi connectivity index (χ3v) is 7.26. The highest BCUT2D eigenvalue weighted by atomic mass is 19.4. The molecule has 4 aromatic rings. The molecule has 0 fully saturated rings. The number of carbonyl (C=O) groups is 2. The van der Waals surface area contributed by atoms with Crippen LogP contribution in [0, 0.1) is 0 Å². The van der Waals surface area contributed by atoms with Crippen molar-refractivity contribution in [2.24, 2.45) is 7.05 Å². The van der Waals surface area contributed by atoms with Gasteiger partial charge in [0.05, 0.1) is 22.6 Å². The van der Waals surface area contributed by atoms with Crippen molar-refractivity contribution in [3.05, 3.63) is 76.1 Å². The number of nitrogens with zero attached hydrogens (tertiary/aromatic N) is 4. The molecule has 0 radical (unpaired) electrons. The van der Waals surface area contributed by atoms with Gasteiger partial charge >= 0.3 is 12.3 Å². The molecule has 3 N–H and O–H groups in total. The summed E-state index contributed by atoms with van der Waals surface area (Å²) in [6.45, 7) is 4.05. The van der Waals surface area contributed by atoms with E-state index in [9.17, 15) is 27.9 Å². The monoisotopic (exact) mass is 594 g/mol. The first-order valence-electron chi connectivity index (χ1n) is 13.7. The molecule has 1 aliphatic rings. The van der Waals surface area contributed by atoms with E-state index in [1.54, 1.807) is 17.9 Å². The fraction of sp³-hybridized carbons (Fsp3) is 0.300. The molecule has 0 aliphatic heterocycles. The number of carbonyl (C=O) groups excluding carboxylic acids is 1. The van der Waals surface area contributed by atoms with Crippen LogP contribution in [0.2, 0.25) is 0 Å². The molecule has 0 saturated carbocycles. The number of amides is 1. The van der Waals surface area contributed by atoms with Gasteiger partial charge in [0, 0.05) is 24.5 Å². The van der Waals surface area contributed by atoms with E-state index in [0.717, 1.165) is 53.4 Å². The third kappa shape index (κ3) is 6.15. The van der Waals surface area contributed by atoms with Crippen LogP contribution in [0.15, 0.2) is 42.6 Å². The van der Waals surface area contributed by atoms with Gasteiger partial charge in [0.15, 0.2) is 11.4 Å². The number of hydrogen-bond donors (Lipinski definition) is 3. The fourth-order valence-electron chi connectivity index (χ4n) is 5.26. The maximum atomic E-state index is 13.6. The first-order valence-corrected chi connectivity index (χ1v) is 13.7. The van der Waals surface area contributed by atoms with E-state index in [1.165, 1.54) is 0 Å². The third-order valence-electron chi connectivity index (χ3n) is 7.26. The lowest BCUT2D eigenvalue weighted by Crippen LogP contribution is -2.18. The molecule has 0 bridgehead atoms. The smallest absolute Gasteiger partial charge is 0.478 e. The normalized spacial score (nSPS) is 12.6. The number of aromatic nitrogens is 4. The highest BCUT2D eigenvalue weighted by molar-refractivity contribution is 6.05. The average Bonchev–Trinajstić information content (AvgIpc) is 3.17. The van der Waals surface area contributed by atoms with Crippen molar-refractivity contribution in [2.75, 3.05) is 10.6 Å². The minimum atomic E-state index is -5.06. The van der Waals surface area contributed by atoms with Crippen LogP contribution in [0.4, 0.5) is 30.5 Å². The summed E-state index contributed by atoms with van der Waals surface area (Å²) in [5.74, 6) is -2.54. The molecule has 0 saturated heterocycles. The number of anilines is 3. The topological polar surface area (TPSA) is 131 Å². The molecule has 0 unspecified atom stereocenters. The van der Waals surface area contributed by atoms with E-state index in [4.69, 9.17) is 0 Å². The molecule has 0 spiro atoms. The lowest BCUT2D eigenvalue weighted by Gasteiger charge is -2.15. The number of ether oxygens (including phenoxy) is 1. The van der Waals surface area contributed by atoms with Gasteiger partial charge in [-0.05, 0) is 67.0 Å². The highest BCUT2D eigenvalue weighted by Gasteiger charge is 2.33. The van der Waals surface area contributed by atoms with Crippen molar-refractivity contribution in [3.8, 4) is 17.1 Å². The maximum Gasteiger partial charge on any atom is 0.573 e. The fourth-order valence-corrected chi connectivity index (χ4v) is 5.26. The molecule has 13 heteroatoms. The molecule has 0 atom stereocenters. The van der Waals surface area contributed by atoms with Gasteiger partial charge in [0.2, 0.25) is 5.95 Å². The molecular weight excluding hydrogens is 565 g/mol. The van der Waals surface area contributed by atoms with Crippen molar-refractivity contribution >= 4 is 29.2 Å². The minimum Gasteiger partial charge on any atom is -0.478 e. The quantitative estimate of drug-likeness (QED) is 0.224. The number of hydrogen-bond acceptors (Lipinski definition) is 7. The number of halogens is 3. The molecule has 5 rings (SSSR count). The number of benzene rings is 2. The summed E-state index contributed by atoms with van der Waals surface area (Å²) < 4.78 is 44.9. The summed E-state index contributed by atoms with van der Waals surface area (Å²) in [5.41, 5.74) is 5.13. The van der Waals surface area contributed by atoms with Crippen LogP contribution >= 0.6 is 0 Å². The van der Waals surface area contributed by atoms with Gasteiger partial charge in [0.25, 0.3) is 5.91 Å². The van der Waals surface area contributed by atoms with Crippen LogP contribution < -0.4 is 15.4 Å². The van der Waals surface area contributed by atoms with E-state index in [0.29, 0.717) is 36.2 Å². The second kappa shape index (κ2) is 11.7. The van der Waals surface area contributed by atoms with E-state index in [-0.39, 0.29) is 28.8 Å². The highest BCUT2D eigenvalue weighted by Crippen LogP contribution is 2.36. The standard InChI is InChI=1S/C30H29F3N6O4/c1-4-16-8-6-9-17(5-2)23(16)36-27(40)25-20-11-7-10-19-15-34-29(37-24(19)26(20)39(3)38-25)35-21-13-12-18(28(41)42)14-22(21)43-30(31,32)33/h6,8-9,12-15H,4-5,7,10-11H2,1-3H3,(H,36,40)(H,41,42)(H,34,35,37). The van der Waals surface area contributed by atoms with Gasteiger partial charge < -0.3 is 20.5 Å². The van der Waals surface area contributed by atoms with Gasteiger partial charge in [-0.3, -0.25) is 9.48 Å². The Morgan fingerprint density at radius 3 is 2.47 bits per heavy atom. The number of fused-ring (bicyclic) bond motifs is 3. The molecule has 1 amide bonds.